The van der Waals surface area contributed by atoms with E-state index in [1.54, 1.807) is 0 Å². The topological polar surface area (TPSA) is 44.7 Å². The molecule has 1 saturated carbocycles. The number of benzene rings is 1. The number of nitrogens with zero attached hydrogens (tertiary/aromatic N) is 2. The van der Waals surface area contributed by atoms with Crippen LogP contribution in [0.2, 0.25) is 0 Å². The number of hydrogen-bond donors (Lipinski definition) is 1. The number of hydrogen-bond acceptors (Lipinski definition) is 4. The zero-order valence-corrected chi connectivity index (χ0v) is 14.1. The lowest BCUT2D eigenvalue weighted by atomic mass is 9.88. The Hall–Kier alpha value is -1.49. The van der Waals surface area contributed by atoms with E-state index >= 15 is 0 Å². The SMILES string of the molecule is O=C(Nc1cccc(C2CN3CCSC3=N2)c1)C1CCCCC1. The normalized spacial score (nSPS) is 24.4. The van der Waals surface area contributed by atoms with E-state index in [2.05, 4.69) is 22.3 Å². The predicted molar refractivity (Wildman–Crippen MR) is 95.9 cm³/mol. The van der Waals surface area contributed by atoms with Gasteiger partial charge in [-0.3, -0.25) is 9.79 Å². The lowest BCUT2D eigenvalue weighted by Crippen LogP contribution is -2.24. The summed E-state index contributed by atoms with van der Waals surface area (Å²) in [7, 11) is 0. The molecule has 1 unspecified atom stereocenters. The fourth-order valence-corrected chi connectivity index (χ4v) is 4.76. The number of aliphatic imine (C=N–C) groups is 1. The molecular formula is C18H23N3OS. The van der Waals surface area contributed by atoms with Gasteiger partial charge >= 0.3 is 0 Å². The van der Waals surface area contributed by atoms with Crippen LogP contribution in [-0.4, -0.2) is 34.8 Å². The second kappa shape index (κ2) is 6.56. The quantitative estimate of drug-likeness (QED) is 0.920. The van der Waals surface area contributed by atoms with Crippen LogP contribution in [0.1, 0.15) is 43.7 Å². The van der Waals surface area contributed by atoms with E-state index in [0.717, 1.165) is 37.4 Å². The highest BCUT2D eigenvalue weighted by molar-refractivity contribution is 8.14. The smallest absolute Gasteiger partial charge is 0.227 e. The molecule has 122 valence electrons. The number of rotatable bonds is 3. The van der Waals surface area contributed by atoms with Gasteiger partial charge in [-0.05, 0) is 30.5 Å². The van der Waals surface area contributed by atoms with Gasteiger partial charge in [-0.25, -0.2) is 0 Å². The first-order valence-electron chi connectivity index (χ1n) is 8.66. The highest BCUT2D eigenvalue weighted by atomic mass is 32.2. The van der Waals surface area contributed by atoms with Gasteiger partial charge in [0.1, 0.15) is 0 Å². The molecule has 2 aliphatic heterocycles. The third-order valence-corrected chi connectivity index (χ3v) is 6.05. The molecule has 4 nitrogen and oxygen atoms in total. The third kappa shape index (κ3) is 3.25. The van der Waals surface area contributed by atoms with E-state index in [1.807, 2.05) is 23.9 Å². The Balaban J connectivity index is 1.44. The Labute approximate surface area is 141 Å². The Morgan fingerprint density at radius 2 is 2.13 bits per heavy atom. The first-order valence-corrected chi connectivity index (χ1v) is 9.64. The van der Waals surface area contributed by atoms with Crippen molar-refractivity contribution < 1.29 is 4.79 Å². The van der Waals surface area contributed by atoms with Crippen LogP contribution < -0.4 is 5.32 Å². The van der Waals surface area contributed by atoms with Crippen molar-refractivity contribution >= 4 is 28.5 Å². The van der Waals surface area contributed by atoms with Gasteiger partial charge < -0.3 is 10.2 Å². The number of carbonyl (C=O) groups is 1. The molecule has 1 aromatic carbocycles. The minimum absolute atomic E-state index is 0.191. The van der Waals surface area contributed by atoms with Crippen LogP contribution in [0, 0.1) is 5.92 Å². The van der Waals surface area contributed by atoms with Crippen molar-refractivity contribution in [2.75, 3.05) is 24.2 Å². The second-order valence-electron chi connectivity index (χ2n) is 6.67. The van der Waals surface area contributed by atoms with Crippen LogP contribution in [0.4, 0.5) is 5.69 Å². The molecule has 0 spiro atoms. The van der Waals surface area contributed by atoms with E-state index in [0.29, 0.717) is 0 Å². The molecule has 3 aliphatic rings. The van der Waals surface area contributed by atoms with Crippen LogP contribution in [0.5, 0.6) is 0 Å². The molecule has 2 fully saturated rings. The third-order valence-electron chi connectivity index (χ3n) is 5.04. The van der Waals surface area contributed by atoms with E-state index in [1.165, 1.54) is 30.0 Å². The highest BCUT2D eigenvalue weighted by Crippen LogP contribution is 2.33. The number of carbonyl (C=O) groups excluding carboxylic acids is 1. The molecule has 0 radical (unpaired) electrons. The number of thioether (sulfide) groups is 1. The molecule has 1 aliphatic carbocycles. The number of amidine groups is 1. The van der Waals surface area contributed by atoms with Crippen molar-refractivity contribution in [3.8, 4) is 0 Å². The van der Waals surface area contributed by atoms with Crippen LogP contribution in [0.25, 0.3) is 0 Å². The number of fused-ring (bicyclic) bond motifs is 1. The molecular weight excluding hydrogens is 306 g/mol. The molecule has 1 aromatic rings. The molecule has 4 rings (SSSR count). The van der Waals surface area contributed by atoms with E-state index in [-0.39, 0.29) is 17.9 Å². The Morgan fingerprint density at radius 1 is 1.26 bits per heavy atom. The average Bonchev–Trinajstić information content (AvgIpc) is 3.17. The van der Waals surface area contributed by atoms with Gasteiger partial charge in [0.15, 0.2) is 5.17 Å². The summed E-state index contributed by atoms with van der Waals surface area (Å²) < 4.78 is 0. The van der Waals surface area contributed by atoms with Gasteiger partial charge in [-0.15, -0.1) is 0 Å². The summed E-state index contributed by atoms with van der Waals surface area (Å²) in [5, 5.41) is 4.31. The Bertz CT molecular complexity index is 624. The molecule has 0 bridgehead atoms. The zero-order valence-electron chi connectivity index (χ0n) is 13.3. The Morgan fingerprint density at radius 3 is 2.96 bits per heavy atom. The molecule has 2 heterocycles. The summed E-state index contributed by atoms with van der Waals surface area (Å²) >= 11 is 1.85. The maximum atomic E-state index is 12.4. The van der Waals surface area contributed by atoms with Gasteiger partial charge in [0.05, 0.1) is 6.04 Å². The summed E-state index contributed by atoms with van der Waals surface area (Å²) in [4.78, 5) is 19.6. The standard InChI is InChI=1S/C18H23N3OS/c22-17(13-5-2-1-3-6-13)19-15-8-4-7-14(11-15)16-12-21-9-10-23-18(21)20-16/h4,7-8,11,13,16H,1-3,5-6,9-10,12H2,(H,19,22). The van der Waals surface area contributed by atoms with Crippen LogP contribution >= 0.6 is 11.8 Å². The van der Waals surface area contributed by atoms with Gasteiger partial charge in [0.2, 0.25) is 5.91 Å². The molecule has 0 aromatic heterocycles. The van der Waals surface area contributed by atoms with E-state index in [4.69, 9.17) is 4.99 Å². The van der Waals surface area contributed by atoms with Crippen LogP contribution in [-0.2, 0) is 4.79 Å². The largest absolute Gasteiger partial charge is 0.348 e. The Kier molecular flexibility index (Phi) is 4.29. The number of amides is 1. The van der Waals surface area contributed by atoms with E-state index in [9.17, 15) is 4.79 Å². The molecule has 5 heteroatoms. The fraction of sp³-hybridized carbons (Fsp3) is 0.556. The molecule has 23 heavy (non-hydrogen) atoms. The second-order valence-corrected chi connectivity index (χ2v) is 7.73. The molecule has 1 saturated heterocycles. The first kappa shape index (κ1) is 15.1. The number of anilines is 1. The maximum absolute atomic E-state index is 12.4. The average molecular weight is 329 g/mol. The van der Waals surface area contributed by atoms with Crippen molar-refractivity contribution in [3.63, 3.8) is 0 Å². The van der Waals surface area contributed by atoms with Crippen molar-refractivity contribution in [1.82, 2.24) is 4.90 Å². The maximum Gasteiger partial charge on any atom is 0.227 e. The lowest BCUT2D eigenvalue weighted by Gasteiger charge is -2.21. The monoisotopic (exact) mass is 329 g/mol. The van der Waals surface area contributed by atoms with Gasteiger partial charge in [0.25, 0.3) is 0 Å². The highest BCUT2D eigenvalue weighted by Gasteiger charge is 2.30. The van der Waals surface area contributed by atoms with Crippen LogP contribution in [0.15, 0.2) is 29.3 Å². The van der Waals surface area contributed by atoms with Crippen LogP contribution in [0.3, 0.4) is 0 Å². The minimum atomic E-state index is 0.191. The van der Waals surface area contributed by atoms with Crippen molar-refractivity contribution in [2.45, 2.75) is 38.1 Å². The lowest BCUT2D eigenvalue weighted by molar-refractivity contribution is -0.120. The van der Waals surface area contributed by atoms with Crippen molar-refractivity contribution in [1.29, 1.82) is 0 Å². The van der Waals surface area contributed by atoms with Gasteiger partial charge in [0, 0.05) is 30.4 Å². The van der Waals surface area contributed by atoms with Crippen molar-refractivity contribution in [3.05, 3.63) is 29.8 Å². The molecule has 1 amide bonds. The van der Waals surface area contributed by atoms with E-state index < -0.39 is 0 Å². The minimum Gasteiger partial charge on any atom is -0.348 e. The summed E-state index contributed by atoms with van der Waals surface area (Å²) in [5.74, 6) is 1.54. The zero-order chi connectivity index (χ0) is 15.6. The summed E-state index contributed by atoms with van der Waals surface area (Å²) in [5.41, 5.74) is 2.12. The first-order chi connectivity index (χ1) is 11.3. The predicted octanol–water partition coefficient (Wildman–Crippen LogP) is 3.66. The summed E-state index contributed by atoms with van der Waals surface area (Å²) in [6.45, 7) is 2.08. The van der Waals surface area contributed by atoms with Crippen molar-refractivity contribution in [2.24, 2.45) is 10.9 Å². The fourth-order valence-electron chi connectivity index (χ4n) is 3.72. The molecule has 1 atom stereocenters. The summed E-state index contributed by atoms with van der Waals surface area (Å²) in [6.07, 6.45) is 5.72. The summed E-state index contributed by atoms with van der Waals surface area (Å²) in [6, 6.07) is 8.45. The van der Waals surface area contributed by atoms with Gasteiger partial charge in [-0.1, -0.05) is 43.2 Å². The van der Waals surface area contributed by atoms with Gasteiger partial charge in [-0.2, -0.15) is 0 Å². The number of nitrogens with one attached hydrogen (secondary N) is 1. The molecule has 1 N–H and O–H groups in total.